The summed E-state index contributed by atoms with van der Waals surface area (Å²) in [6.07, 6.45) is 5.82. The minimum atomic E-state index is -3.53. The Bertz CT molecular complexity index is 1170. The molecule has 1 saturated carbocycles. The number of carbonyl (C=O) groups excluding carboxylic acids is 2. The van der Waals surface area contributed by atoms with Crippen LogP contribution in [0.5, 0.6) is 0 Å². The van der Waals surface area contributed by atoms with E-state index in [1.165, 1.54) is 10.6 Å². The van der Waals surface area contributed by atoms with E-state index in [1.807, 2.05) is 56.3 Å². The molecule has 0 spiro atoms. The van der Waals surface area contributed by atoms with Crippen molar-refractivity contribution in [1.29, 1.82) is 0 Å². The van der Waals surface area contributed by atoms with E-state index in [4.69, 9.17) is 0 Å². The van der Waals surface area contributed by atoms with E-state index in [2.05, 4.69) is 21.2 Å². The van der Waals surface area contributed by atoms with Crippen LogP contribution >= 0.6 is 15.9 Å². The Morgan fingerprint density at radius 2 is 1.65 bits per heavy atom. The number of rotatable bonds is 11. The summed E-state index contributed by atoms with van der Waals surface area (Å²) in [5.41, 5.74) is 3.47. The molecule has 0 unspecified atom stereocenters. The highest BCUT2D eigenvalue weighted by atomic mass is 79.9. The lowest BCUT2D eigenvalue weighted by atomic mass is 10.1. The second-order valence-electron chi connectivity index (χ2n) is 10.1. The van der Waals surface area contributed by atoms with E-state index >= 15 is 0 Å². The molecule has 0 aliphatic heterocycles. The Morgan fingerprint density at radius 1 is 1.05 bits per heavy atom. The van der Waals surface area contributed by atoms with E-state index in [-0.39, 0.29) is 30.8 Å². The summed E-state index contributed by atoms with van der Waals surface area (Å²) in [6, 6.07) is 12.9. The Hall–Kier alpha value is -2.39. The molecule has 1 aliphatic rings. The first-order valence-electron chi connectivity index (χ1n) is 12.8. The van der Waals surface area contributed by atoms with Crippen molar-refractivity contribution in [3.05, 3.63) is 63.6 Å². The van der Waals surface area contributed by atoms with Crippen LogP contribution in [0.3, 0.4) is 0 Å². The van der Waals surface area contributed by atoms with Crippen molar-refractivity contribution in [2.75, 3.05) is 17.1 Å². The first-order valence-corrected chi connectivity index (χ1v) is 15.5. The number of nitrogens with one attached hydrogen (secondary N) is 1. The average molecular weight is 593 g/mol. The minimum absolute atomic E-state index is 0.133. The van der Waals surface area contributed by atoms with Crippen LogP contribution < -0.4 is 9.62 Å². The predicted octanol–water partition coefficient (Wildman–Crippen LogP) is 5.09. The minimum Gasteiger partial charge on any atom is -0.352 e. The topological polar surface area (TPSA) is 86.8 Å². The third-order valence-corrected chi connectivity index (χ3v) is 8.50. The predicted molar refractivity (Wildman–Crippen MR) is 152 cm³/mol. The number of amides is 2. The van der Waals surface area contributed by atoms with Crippen molar-refractivity contribution in [3.63, 3.8) is 0 Å². The Morgan fingerprint density at radius 3 is 2.22 bits per heavy atom. The summed E-state index contributed by atoms with van der Waals surface area (Å²) in [5.74, 6) is -0.323. The molecule has 0 heterocycles. The van der Waals surface area contributed by atoms with Gasteiger partial charge in [-0.15, -0.1) is 0 Å². The van der Waals surface area contributed by atoms with Crippen LogP contribution in [0.15, 0.2) is 46.9 Å². The van der Waals surface area contributed by atoms with E-state index in [0.29, 0.717) is 18.7 Å². The highest BCUT2D eigenvalue weighted by Crippen LogP contribution is 2.23. The maximum absolute atomic E-state index is 13.4. The first kappa shape index (κ1) is 29.2. The van der Waals surface area contributed by atoms with E-state index in [0.717, 1.165) is 46.8 Å². The summed E-state index contributed by atoms with van der Waals surface area (Å²) >= 11 is 3.43. The Labute approximate surface area is 229 Å². The van der Waals surface area contributed by atoms with Gasteiger partial charge in [0.05, 0.1) is 11.9 Å². The molecular formula is C28H38BrN3O4S. The fourth-order valence-corrected chi connectivity index (χ4v) is 6.07. The Balaban J connectivity index is 1.73. The summed E-state index contributed by atoms with van der Waals surface area (Å²) in [6.45, 7) is 6.11. The fourth-order valence-electron chi connectivity index (χ4n) is 4.86. The highest BCUT2D eigenvalue weighted by Gasteiger charge is 2.28. The van der Waals surface area contributed by atoms with E-state index < -0.39 is 16.1 Å². The van der Waals surface area contributed by atoms with Gasteiger partial charge in [-0.2, -0.15) is 0 Å². The molecule has 202 valence electrons. The normalized spacial score (nSPS) is 14.8. The Kier molecular flexibility index (Phi) is 10.2. The number of hydrogen-bond acceptors (Lipinski definition) is 4. The number of halogens is 1. The van der Waals surface area contributed by atoms with Crippen LogP contribution in [-0.4, -0.2) is 50.0 Å². The van der Waals surface area contributed by atoms with Gasteiger partial charge in [0, 0.05) is 30.0 Å². The quantitative estimate of drug-likeness (QED) is 0.394. The molecule has 0 radical (unpaired) electrons. The zero-order valence-electron chi connectivity index (χ0n) is 22.2. The molecule has 37 heavy (non-hydrogen) atoms. The van der Waals surface area contributed by atoms with Gasteiger partial charge in [0.15, 0.2) is 0 Å². The molecule has 0 aromatic heterocycles. The van der Waals surface area contributed by atoms with Gasteiger partial charge in [0.25, 0.3) is 0 Å². The van der Waals surface area contributed by atoms with Gasteiger partial charge in [0.2, 0.25) is 21.8 Å². The lowest BCUT2D eigenvalue weighted by molar-refractivity contribution is -0.141. The number of benzene rings is 2. The number of sulfonamides is 1. The first-order chi connectivity index (χ1) is 17.4. The van der Waals surface area contributed by atoms with Crippen LogP contribution in [0.4, 0.5) is 5.69 Å². The second kappa shape index (κ2) is 12.9. The zero-order valence-corrected chi connectivity index (χ0v) is 24.6. The van der Waals surface area contributed by atoms with Gasteiger partial charge in [-0.1, -0.05) is 47.0 Å². The van der Waals surface area contributed by atoms with Crippen molar-refractivity contribution in [2.24, 2.45) is 0 Å². The molecule has 2 aromatic rings. The van der Waals surface area contributed by atoms with E-state index in [1.54, 1.807) is 11.8 Å². The van der Waals surface area contributed by atoms with Gasteiger partial charge < -0.3 is 10.2 Å². The van der Waals surface area contributed by atoms with Crippen molar-refractivity contribution >= 4 is 43.5 Å². The lowest BCUT2D eigenvalue weighted by Gasteiger charge is -2.30. The molecule has 2 aromatic carbocycles. The van der Waals surface area contributed by atoms with E-state index in [9.17, 15) is 18.0 Å². The molecule has 2 amide bonds. The lowest BCUT2D eigenvalue weighted by Crippen LogP contribution is -2.49. The summed E-state index contributed by atoms with van der Waals surface area (Å²) in [7, 11) is -3.53. The van der Waals surface area contributed by atoms with Crippen molar-refractivity contribution < 1.29 is 18.0 Å². The molecule has 9 heteroatoms. The molecule has 1 aliphatic carbocycles. The largest absolute Gasteiger partial charge is 0.352 e. The molecule has 1 N–H and O–H groups in total. The van der Waals surface area contributed by atoms with Crippen LogP contribution in [0.25, 0.3) is 0 Å². The molecule has 0 bridgehead atoms. The van der Waals surface area contributed by atoms with Crippen molar-refractivity contribution in [1.82, 2.24) is 10.2 Å². The summed E-state index contributed by atoms with van der Waals surface area (Å²) in [5, 5.41) is 3.11. The van der Waals surface area contributed by atoms with Crippen LogP contribution in [-0.2, 0) is 26.2 Å². The van der Waals surface area contributed by atoms with Gasteiger partial charge in [-0.05, 0) is 81.0 Å². The third-order valence-electron chi connectivity index (χ3n) is 6.78. The monoisotopic (exact) mass is 591 g/mol. The average Bonchev–Trinajstić information content (AvgIpc) is 3.32. The van der Waals surface area contributed by atoms with Crippen LogP contribution in [0, 0.1) is 13.8 Å². The number of carbonyl (C=O) groups is 2. The standard InChI is InChI=1S/C28H38BrN3O4S/c1-20-16-21(2)18-26(17-20)32(37(4,35)36)15-7-10-27(33)31(19-23-11-13-24(29)14-12-23)22(3)28(34)30-25-8-5-6-9-25/h11-14,16-18,22,25H,5-10,15,19H2,1-4H3,(H,30,34)/t22-/m1/s1. The van der Waals surface area contributed by atoms with Gasteiger partial charge in [0.1, 0.15) is 6.04 Å². The third kappa shape index (κ3) is 8.57. The SMILES string of the molecule is Cc1cc(C)cc(N(CCCC(=O)N(Cc2ccc(Br)cc2)[C@H](C)C(=O)NC2CCCC2)S(C)(=O)=O)c1. The van der Waals surface area contributed by atoms with Crippen LogP contribution in [0.2, 0.25) is 0 Å². The number of anilines is 1. The van der Waals surface area contributed by atoms with Crippen molar-refractivity contribution in [2.45, 2.75) is 77.9 Å². The maximum atomic E-state index is 13.4. The molecule has 1 atom stereocenters. The summed E-state index contributed by atoms with van der Waals surface area (Å²) < 4.78 is 27.4. The van der Waals surface area contributed by atoms with Gasteiger partial charge in [-0.3, -0.25) is 13.9 Å². The number of aryl methyl sites for hydroxylation is 2. The highest BCUT2D eigenvalue weighted by molar-refractivity contribution is 9.10. The smallest absolute Gasteiger partial charge is 0.242 e. The van der Waals surface area contributed by atoms with Crippen molar-refractivity contribution in [3.8, 4) is 0 Å². The molecule has 3 rings (SSSR count). The second-order valence-corrected chi connectivity index (χ2v) is 12.9. The maximum Gasteiger partial charge on any atom is 0.242 e. The molecule has 1 fully saturated rings. The molecule has 7 nitrogen and oxygen atoms in total. The van der Waals surface area contributed by atoms with Gasteiger partial charge >= 0.3 is 0 Å². The fraction of sp³-hybridized carbons (Fsp3) is 0.500. The molecule has 0 saturated heterocycles. The zero-order chi connectivity index (χ0) is 27.2. The summed E-state index contributed by atoms with van der Waals surface area (Å²) in [4.78, 5) is 28.1. The number of hydrogen-bond donors (Lipinski definition) is 1. The number of nitrogens with zero attached hydrogens (tertiary/aromatic N) is 2. The molecular weight excluding hydrogens is 554 g/mol. The van der Waals surface area contributed by atoms with Gasteiger partial charge in [-0.25, -0.2) is 8.42 Å². The van der Waals surface area contributed by atoms with Crippen LogP contribution in [0.1, 0.15) is 62.1 Å².